The zero-order chi connectivity index (χ0) is 25.8. The number of hydrogen-bond acceptors (Lipinski definition) is 5. The lowest BCUT2D eigenvalue weighted by molar-refractivity contribution is -0.135. The molecular weight excluding hydrogens is 424 g/mol. The summed E-state index contributed by atoms with van der Waals surface area (Å²) in [5.41, 5.74) is 4.58. The molecule has 9 heteroatoms. The van der Waals surface area contributed by atoms with Crippen LogP contribution >= 0.6 is 0 Å². The number of primary amides is 1. The fourth-order valence-electron chi connectivity index (χ4n) is 3.00. The van der Waals surface area contributed by atoms with Crippen molar-refractivity contribution in [3.63, 3.8) is 0 Å². The van der Waals surface area contributed by atoms with E-state index in [4.69, 9.17) is 10.5 Å². The first-order valence-electron chi connectivity index (χ1n) is 11.8. The van der Waals surface area contributed by atoms with Gasteiger partial charge in [-0.25, -0.2) is 4.79 Å². The third-order valence-corrected chi connectivity index (χ3v) is 5.08. The first kappa shape index (κ1) is 30.8. The summed E-state index contributed by atoms with van der Waals surface area (Å²) < 4.78 is 5.54. The van der Waals surface area contributed by atoms with Crippen LogP contribution in [0, 0.1) is 16.7 Å². The van der Waals surface area contributed by atoms with Crippen molar-refractivity contribution in [3.05, 3.63) is 0 Å². The van der Waals surface area contributed by atoms with Crippen LogP contribution in [-0.4, -0.2) is 55.5 Å². The smallest absolute Gasteiger partial charge is 0.312 e. The highest BCUT2D eigenvalue weighted by molar-refractivity contribution is 5.94. The molecule has 0 heterocycles. The second kappa shape index (κ2) is 14.2. The number of urea groups is 1. The van der Waals surface area contributed by atoms with Crippen LogP contribution in [0.15, 0.2) is 0 Å². The Kier molecular flexibility index (Phi) is 13.2. The lowest BCUT2D eigenvalue weighted by atomic mass is 9.84. The highest BCUT2D eigenvalue weighted by Crippen LogP contribution is 2.20. The van der Waals surface area contributed by atoms with Crippen LogP contribution in [0.3, 0.4) is 0 Å². The summed E-state index contributed by atoms with van der Waals surface area (Å²) in [5, 5.41) is 8.07. The van der Waals surface area contributed by atoms with E-state index in [1.807, 2.05) is 13.8 Å². The van der Waals surface area contributed by atoms with Gasteiger partial charge in [-0.2, -0.15) is 0 Å². The molecule has 0 fully saturated rings. The second-order valence-corrected chi connectivity index (χ2v) is 11.1. The van der Waals surface area contributed by atoms with Crippen LogP contribution in [0.4, 0.5) is 4.79 Å². The summed E-state index contributed by atoms with van der Waals surface area (Å²) in [6, 6.07) is -2.14. The Labute approximate surface area is 199 Å². The molecule has 0 aliphatic rings. The van der Waals surface area contributed by atoms with Gasteiger partial charge in [0.1, 0.15) is 6.04 Å². The van der Waals surface area contributed by atoms with Crippen molar-refractivity contribution in [1.29, 1.82) is 0 Å². The molecule has 0 aromatic heterocycles. The molecular formula is C24H46N4O5. The maximum absolute atomic E-state index is 13.0. The predicted molar refractivity (Wildman–Crippen MR) is 129 cm³/mol. The minimum Gasteiger partial charge on any atom is -0.381 e. The van der Waals surface area contributed by atoms with Crippen LogP contribution in [0.2, 0.25) is 0 Å². The monoisotopic (exact) mass is 470 g/mol. The van der Waals surface area contributed by atoms with Crippen LogP contribution in [0.5, 0.6) is 0 Å². The molecule has 5 N–H and O–H groups in total. The van der Waals surface area contributed by atoms with E-state index in [2.05, 4.69) is 36.7 Å². The van der Waals surface area contributed by atoms with E-state index in [1.54, 1.807) is 20.8 Å². The van der Waals surface area contributed by atoms with Crippen molar-refractivity contribution in [1.82, 2.24) is 16.0 Å². The van der Waals surface area contributed by atoms with Gasteiger partial charge >= 0.3 is 6.03 Å². The van der Waals surface area contributed by atoms with Gasteiger partial charge in [-0.15, -0.1) is 0 Å². The van der Waals surface area contributed by atoms with Crippen molar-refractivity contribution < 1.29 is 23.9 Å². The molecule has 4 amide bonds. The van der Waals surface area contributed by atoms with E-state index in [-0.39, 0.29) is 36.1 Å². The summed E-state index contributed by atoms with van der Waals surface area (Å²) in [4.78, 5) is 49.1. The number of ether oxygens (including phenoxy) is 1. The number of carbonyl (C=O) groups excluding carboxylic acids is 4. The van der Waals surface area contributed by atoms with E-state index < -0.39 is 29.4 Å². The number of hydrogen-bond donors (Lipinski definition) is 4. The number of nitrogens with one attached hydrogen (secondary N) is 3. The van der Waals surface area contributed by atoms with Gasteiger partial charge in [0.15, 0.2) is 5.78 Å². The van der Waals surface area contributed by atoms with E-state index in [1.165, 1.54) is 0 Å². The number of rotatable bonds is 14. The zero-order valence-corrected chi connectivity index (χ0v) is 21.8. The van der Waals surface area contributed by atoms with E-state index in [0.29, 0.717) is 26.0 Å². The van der Waals surface area contributed by atoms with Crippen molar-refractivity contribution in [3.8, 4) is 0 Å². The van der Waals surface area contributed by atoms with Crippen molar-refractivity contribution in [2.24, 2.45) is 22.5 Å². The minimum atomic E-state index is -0.772. The fourth-order valence-corrected chi connectivity index (χ4v) is 3.00. The van der Waals surface area contributed by atoms with Crippen LogP contribution in [0.25, 0.3) is 0 Å². The molecule has 9 nitrogen and oxygen atoms in total. The molecule has 0 spiro atoms. The van der Waals surface area contributed by atoms with Gasteiger partial charge < -0.3 is 26.4 Å². The SMILES string of the molecule is CC(C)C(NC(=O)CCOCCC(C)(C)C)C(=O)N[C@@H](CCCNC(N)=O)C(=O)C(C)(C)C. The highest BCUT2D eigenvalue weighted by atomic mass is 16.5. The quantitative estimate of drug-likeness (QED) is 0.289. The van der Waals surface area contributed by atoms with Gasteiger partial charge in [-0.1, -0.05) is 55.4 Å². The molecule has 0 aromatic rings. The Morgan fingerprint density at radius 1 is 0.939 bits per heavy atom. The third-order valence-electron chi connectivity index (χ3n) is 5.08. The van der Waals surface area contributed by atoms with Crippen molar-refractivity contribution >= 4 is 23.6 Å². The molecule has 0 bridgehead atoms. The Hall–Kier alpha value is -2.16. The fraction of sp³-hybridized carbons (Fsp3) is 0.833. The normalized spacial score (nSPS) is 13.8. The molecule has 0 aromatic carbocycles. The maximum Gasteiger partial charge on any atom is 0.312 e. The molecule has 0 aliphatic heterocycles. The van der Waals surface area contributed by atoms with Gasteiger partial charge in [0.05, 0.1) is 12.6 Å². The summed E-state index contributed by atoms with van der Waals surface area (Å²) in [6.07, 6.45) is 1.87. The molecule has 192 valence electrons. The Morgan fingerprint density at radius 3 is 2.03 bits per heavy atom. The zero-order valence-electron chi connectivity index (χ0n) is 21.8. The summed E-state index contributed by atoms with van der Waals surface area (Å²) in [6.45, 7) is 16.6. The summed E-state index contributed by atoms with van der Waals surface area (Å²) >= 11 is 0. The predicted octanol–water partition coefficient (Wildman–Crippen LogP) is 2.52. The Balaban J connectivity index is 4.94. The molecule has 0 rings (SSSR count). The molecule has 2 atom stereocenters. The average molecular weight is 471 g/mol. The number of carbonyl (C=O) groups is 4. The minimum absolute atomic E-state index is 0.115. The summed E-state index contributed by atoms with van der Waals surface area (Å²) in [7, 11) is 0. The van der Waals surface area contributed by atoms with E-state index in [9.17, 15) is 19.2 Å². The second-order valence-electron chi connectivity index (χ2n) is 11.1. The number of amides is 4. The Morgan fingerprint density at radius 2 is 1.55 bits per heavy atom. The molecule has 0 saturated heterocycles. The lowest BCUT2D eigenvalue weighted by Gasteiger charge is -2.28. The van der Waals surface area contributed by atoms with E-state index >= 15 is 0 Å². The van der Waals surface area contributed by atoms with Crippen LogP contribution in [0.1, 0.15) is 81.1 Å². The molecule has 0 radical (unpaired) electrons. The molecule has 1 unspecified atom stereocenters. The maximum atomic E-state index is 13.0. The first-order chi connectivity index (χ1) is 15.0. The highest BCUT2D eigenvalue weighted by Gasteiger charge is 2.33. The third kappa shape index (κ3) is 14.6. The van der Waals surface area contributed by atoms with Gasteiger partial charge in [-0.3, -0.25) is 14.4 Å². The van der Waals surface area contributed by atoms with Crippen molar-refractivity contribution in [2.75, 3.05) is 19.8 Å². The average Bonchev–Trinajstić information content (AvgIpc) is 2.65. The van der Waals surface area contributed by atoms with Crippen molar-refractivity contribution in [2.45, 2.75) is 93.2 Å². The van der Waals surface area contributed by atoms with Crippen LogP contribution < -0.4 is 21.7 Å². The van der Waals surface area contributed by atoms with Crippen LogP contribution in [-0.2, 0) is 19.1 Å². The Bertz CT molecular complexity index is 650. The molecule has 0 aliphatic carbocycles. The number of nitrogens with two attached hydrogens (primary N) is 1. The van der Waals surface area contributed by atoms with E-state index in [0.717, 1.165) is 6.42 Å². The summed E-state index contributed by atoms with van der Waals surface area (Å²) in [5.74, 6) is -0.963. The molecule has 0 saturated carbocycles. The first-order valence-corrected chi connectivity index (χ1v) is 11.8. The number of Topliss-reactive ketones (excluding diaryl/α,β-unsaturated/α-hetero) is 1. The molecule has 33 heavy (non-hydrogen) atoms. The largest absolute Gasteiger partial charge is 0.381 e. The number of ketones is 1. The standard InChI is InChI=1S/C24H46N4O5/c1-16(2)19(28-18(29)11-14-33-15-12-23(3,4)5)21(31)27-17(20(30)24(6,7)8)10-9-13-26-22(25)32/h16-17,19H,9-15H2,1-8H3,(H,27,31)(H,28,29)(H3,25,26,32)/t17-,19?/m0/s1. The van der Waals surface area contributed by atoms with Gasteiger partial charge in [-0.05, 0) is 30.6 Å². The topological polar surface area (TPSA) is 140 Å². The lowest BCUT2D eigenvalue weighted by Crippen LogP contribution is -2.55. The van der Waals surface area contributed by atoms with Gasteiger partial charge in [0.25, 0.3) is 0 Å². The van der Waals surface area contributed by atoms with Gasteiger partial charge in [0.2, 0.25) is 11.8 Å². The van der Waals surface area contributed by atoms with Gasteiger partial charge in [0, 0.05) is 25.0 Å².